The molecule has 1 rings (SSSR count). The topological polar surface area (TPSA) is 4.36 Å². The first kappa shape index (κ1) is 8.59. The Labute approximate surface area is 69.6 Å². The van der Waals surface area contributed by atoms with Crippen molar-refractivity contribution in [3.05, 3.63) is 4.85 Å². The van der Waals surface area contributed by atoms with E-state index in [4.69, 9.17) is 0 Å². The fourth-order valence-electron chi connectivity index (χ4n) is 1.81. The minimum absolute atomic E-state index is 0.572. The lowest BCUT2D eigenvalue weighted by Crippen LogP contribution is -2.38. The number of nitrogens with zero attached hydrogens (tertiary/aromatic N) is 1. The van der Waals surface area contributed by atoms with Gasteiger partial charge in [-0.1, -0.05) is 25.6 Å². The third-order valence-corrected chi connectivity index (χ3v) is 3.13. The monoisotopic (exact) mass is 152 g/mol. The first-order chi connectivity index (χ1) is 5.08. The van der Waals surface area contributed by atoms with Gasteiger partial charge in [0.25, 0.3) is 13.1 Å². The van der Waals surface area contributed by atoms with E-state index in [1.807, 2.05) is 7.05 Å². The van der Waals surface area contributed by atoms with Crippen molar-refractivity contribution in [2.24, 2.45) is 17.3 Å². The minimum Gasteiger partial charge on any atom is -0.0867 e. The molecule has 0 amide bonds. The molecule has 1 fully saturated rings. The van der Waals surface area contributed by atoms with E-state index in [1.165, 1.54) is 12.8 Å². The lowest BCUT2D eigenvalue weighted by molar-refractivity contribution is 0.0549. The van der Waals surface area contributed by atoms with E-state index in [0.29, 0.717) is 11.3 Å². The van der Waals surface area contributed by atoms with Crippen molar-refractivity contribution in [1.29, 1.82) is 0 Å². The first-order valence-electron chi connectivity index (χ1n) is 4.43. The fourth-order valence-corrected chi connectivity index (χ4v) is 1.81. The lowest BCUT2D eigenvalue weighted by Gasteiger charge is -2.44. The van der Waals surface area contributed by atoms with Crippen molar-refractivity contribution in [3.8, 4) is 6.07 Å². The van der Waals surface area contributed by atoms with Gasteiger partial charge in [-0.15, -0.1) is 0 Å². The second kappa shape index (κ2) is 2.85. The van der Waals surface area contributed by atoms with E-state index in [0.717, 1.165) is 5.92 Å². The molecule has 1 aliphatic rings. The maximum absolute atomic E-state index is 3.93. The largest absolute Gasteiger partial charge is 0.275 e. The van der Waals surface area contributed by atoms with Gasteiger partial charge in [-0.05, 0) is 24.2 Å². The molecular weight excluding hydrogens is 134 g/mol. The molecule has 11 heavy (non-hydrogen) atoms. The van der Waals surface area contributed by atoms with Crippen LogP contribution in [-0.2, 0) is 0 Å². The van der Waals surface area contributed by atoms with Crippen LogP contribution in [0.25, 0.3) is 4.85 Å². The van der Waals surface area contributed by atoms with E-state index < -0.39 is 0 Å². The van der Waals surface area contributed by atoms with Gasteiger partial charge in [-0.3, -0.25) is 0 Å². The summed E-state index contributed by atoms with van der Waals surface area (Å²) in [5.41, 5.74) is 0.572. The summed E-state index contributed by atoms with van der Waals surface area (Å²) in [7, 11) is 1.81. The summed E-state index contributed by atoms with van der Waals surface area (Å²) in [6.07, 6.45) is 2.56. The van der Waals surface area contributed by atoms with Gasteiger partial charge in [0.05, 0.1) is 5.92 Å². The summed E-state index contributed by atoms with van der Waals surface area (Å²) in [5, 5.41) is 0. The van der Waals surface area contributed by atoms with Crippen LogP contribution < -0.4 is 0 Å². The molecule has 1 nitrogen and oxygen atoms in total. The third kappa shape index (κ3) is 1.56. The Hall–Kier alpha value is -0.510. The highest BCUT2D eigenvalue weighted by molar-refractivity contribution is 5.05. The van der Waals surface area contributed by atoms with Gasteiger partial charge in [0.15, 0.2) is 0 Å². The first-order valence-corrected chi connectivity index (χ1v) is 4.43. The Morgan fingerprint density at radius 3 is 2.36 bits per heavy atom. The molecule has 0 unspecified atom stereocenters. The van der Waals surface area contributed by atoms with Gasteiger partial charge >= 0.3 is 0 Å². The molecule has 1 heteroatoms. The molecule has 0 atom stereocenters. The molecule has 0 bridgehead atoms. The Balaban J connectivity index is 2.42. The van der Waals surface area contributed by atoms with Crippen molar-refractivity contribution >= 4 is 0 Å². The average molecular weight is 152 g/mol. The van der Waals surface area contributed by atoms with Crippen molar-refractivity contribution in [1.82, 2.24) is 0 Å². The smallest absolute Gasteiger partial charge is 0.0867 e. The Kier molecular flexibility index (Phi) is 2.23. The van der Waals surface area contributed by atoms with Crippen LogP contribution in [0.15, 0.2) is 0 Å². The van der Waals surface area contributed by atoms with Crippen LogP contribution in [0.1, 0.15) is 33.6 Å². The molecule has 0 aromatic carbocycles. The molecule has 0 saturated heterocycles. The summed E-state index contributed by atoms with van der Waals surface area (Å²) in [6.45, 7) is 6.98. The highest BCUT2D eigenvalue weighted by Crippen LogP contribution is 2.50. The molecule has 1 saturated carbocycles. The van der Waals surface area contributed by atoms with Crippen LogP contribution in [-0.4, -0.2) is 7.05 Å². The summed E-state index contributed by atoms with van der Waals surface area (Å²) in [4.78, 5) is 3.93. The molecule has 0 spiro atoms. The van der Waals surface area contributed by atoms with Gasteiger partial charge in [0.2, 0.25) is 0 Å². The second-order valence-corrected chi connectivity index (χ2v) is 4.27. The van der Waals surface area contributed by atoms with E-state index in [2.05, 4.69) is 31.7 Å². The van der Waals surface area contributed by atoms with Crippen molar-refractivity contribution in [2.75, 3.05) is 7.05 Å². The number of hydrogen-bond acceptors (Lipinski definition) is 0. The van der Waals surface area contributed by atoms with Gasteiger partial charge < -0.3 is 0 Å². The van der Waals surface area contributed by atoms with Crippen LogP contribution in [0.5, 0.6) is 0 Å². The van der Waals surface area contributed by atoms with Crippen molar-refractivity contribution < 1.29 is 0 Å². The maximum Gasteiger partial charge on any atom is 0.275 e. The van der Waals surface area contributed by atoms with E-state index in [-0.39, 0.29) is 0 Å². The molecule has 1 aliphatic carbocycles. The zero-order valence-corrected chi connectivity index (χ0v) is 8.02. The second-order valence-electron chi connectivity index (χ2n) is 4.27. The lowest BCUT2D eigenvalue weighted by atomic mass is 9.58. The maximum atomic E-state index is 3.93. The summed E-state index contributed by atoms with van der Waals surface area (Å²) in [6, 6.07) is 3.12. The summed E-state index contributed by atoms with van der Waals surface area (Å²) < 4.78 is 0. The normalized spacial score (nSPS) is 35.9. The highest BCUT2D eigenvalue weighted by atomic mass is 14.6. The van der Waals surface area contributed by atoms with Crippen LogP contribution in [0, 0.1) is 23.3 Å². The number of rotatable bonds is 1. The molecule has 0 N–H and O–H groups in total. The van der Waals surface area contributed by atoms with Crippen LogP contribution >= 0.6 is 0 Å². The predicted octanol–water partition coefficient (Wildman–Crippen LogP) is 3.02. The molecule has 0 aromatic heterocycles. The molecule has 0 radical (unpaired) electrons. The standard InChI is InChI=1S/C10H18N/c1-8(2)10(3)5-9(6-10)7-11-4/h8-9H,5-6H2,1-4H3/q+1. The average Bonchev–Trinajstić information content (AvgIpc) is 1.84. The predicted molar refractivity (Wildman–Crippen MR) is 48.8 cm³/mol. The van der Waals surface area contributed by atoms with E-state index in [1.54, 1.807) is 0 Å². The van der Waals surface area contributed by atoms with Gasteiger partial charge in [-0.25, -0.2) is 0 Å². The Bertz CT molecular complexity index is 189. The summed E-state index contributed by atoms with van der Waals surface area (Å²) in [5.74, 6) is 1.45. The van der Waals surface area contributed by atoms with Crippen LogP contribution in [0.2, 0.25) is 0 Å². The quantitative estimate of drug-likeness (QED) is 0.544. The van der Waals surface area contributed by atoms with E-state index >= 15 is 0 Å². The molecule has 62 valence electrons. The summed E-state index contributed by atoms with van der Waals surface area (Å²) >= 11 is 0. The van der Waals surface area contributed by atoms with Crippen LogP contribution in [0.3, 0.4) is 0 Å². The van der Waals surface area contributed by atoms with Gasteiger partial charge in [-0.2, -0.15) is 0 Å². The van der Waals surface area contributed by atoms with E-state index in [9.17, 15) is 0 Å². The van der Waals surface area contributed by atoms with Crippen molar-refractivity contribution in [3.63, 3.8) is 0 Å². The Morgan fingerprint density at radius 2 is 2.00 bits per heavy atom. The molecule has 0 aromatic rings. The van der Waals surface area contributed by atoms with Crippen molar-refractivity contribution in [2.45, 2.75) is 33.6 Å². The SMILES string of the molecule is C[N+]#CC1CC(C)(C(C)C)C1. The molecule has 0 aliphatic heterocycles. The van der Waals surface area contributed by atoms with Crippen LogP contribution in [0.4, 0.5) is 0 Å². The highest BCUT2D eigenvalue weighted by Gasteiger charge is 2.44. The van der Waals surface area contributed by atoms with Gasteiger partial charge in [0, 0.05) is 0 Å². The third-order valence-electron chi connectivity index (χ3n) is 3.13. The molecule has 0 heterocycles. The zero-order valence-electron chi connectivity index (χ0n) is 8.02. The number of hydrogen-bond donors (Lipinski definition) is 0. The van der Waals surface area contributed by atoms with Gasteiger partial charge in [0.1, 0.15) is 0 Å². The zero-order chi connectivity index (χ0) is 8.48. The Morgan fingerprint density at radius 1 is 1.45 bits per heavy atom. The minimum atomic E-state index is 0.572. The fraction of sp³-hybridized carbons (Fsp3) is 0.900. The molecular formula is C10H18N+.